The maximum absolute atomic E-state index is 12.2. The Morgan fingerprint density at radius 1 is 1.00 bits per heavy atom. The van der Waals surface area contributed by atoms with Crippen LogP contribution < -0.4 is 5.32 Å². The number of aliphatic hydroxyl groups excluding tert-OH is 3. The highest BCUT2D eigenvalue weighted by atomic mass is 16.4. The molecule has 26 heavy (non-hydrogen) atoms. The summed E-state index contributed by atoms with van der Waals surface area (Å²) >= 11 is 0. The molecule has 8 N–H and O–H groups in total. The van der Waals surface area contributed by atoms with Crippen LogP contribution in [0, 0.1) is 0 Å². The zero-order valence-corrected chi connectivity index (χ0v) is 13.2. The number of aromatic hydroxyl groups is 2. The van der Waals surface area contributed by atoms with Gasteiger partial charge in [0.2, 0.25) is 0 Å². The lowest BCUT2D eigenvalue weighted by molar-refractivity contribution is -0.172. The molecule has 0 aliphatic heterocycles. The summed E-state index contributed by atoms with van der Waals surface area (Å²) < 4.78 is 0. The normalized spacial score (nSPS) is 28.4. The summed E-state index contributed by atoms with van der Waals surface area (Å²) in [6.07, 6.45) is -6.17. The molecule has 0 radical (unpaired) electrons. The fourth-order valence-corrected chi connectivity index (χ4v) is 2.70. The monoisotopic (exact) mass is 371 g/mol. The summed E-state index contributed by atoms with van der Waals surface area (Å²) in [4.78, 5) is 35.3. The van der Waals surface area contributed by atoms with Crippen LogP contribution in [0.4, 0.5) is 0 Å². The van der Waals surface area contributed by atoms with Gasteiger partial charge in [0.1, 0.15) is 28.8 Å². The first kappa shape index (κ1) is 19.6. The van der Waals surface area contributed by atoms with E-state index in [0.29, 0.717) is 12.1 Å². The molecule has 2 atom stereocenters. The second-order valence-electron chi connectivity index (χ2n) is 6.04. The van der Waals surface area contributed by atoms with Crippen LogP contribution >= 0.6 is 0 Å². The number of benzene rings is 1. The van der Waals surface area contributed by atoms with Crippen LogP contribution in [0.5, 0.6) is 11.5 Å². The van der Waals surface area contributed by atoms with E-state index in [9.17, 15) is 45.0 Å². The predicted octanol–water partition coefficient (Wildman–Crippen LogP) is -2.34. The third-order valence-electron chi connectivity index (χ3n) is 4.10. The van der Waals surface area contributed by atoms with Crippen molar-refractivity contribution in [3.8, 4) is 11.5 Å². The predicted molar refractivity (Wildman–Crippen MR) is 81.4 cm³/mol. The van der Waals surface area contributed by atoms with Gasteiger partial charge in [0.25, 0.3) is 11.8 Å². The van der Waals surface area contributed by atoms with Crippen LogP contribution in [0.3, 0.4) is 0 Å². The van der Waals surface area contributed by atoms with Gasteiger partial charge in [-0.25, -0.2) is 4.79 Å². The smallest absolute Gasteiger partial charge is 0.339 e. The van der Waals surface area contributed by atoms with Crippen molar-refractivity contribution in [2.45, 2.75) is 36.8 Å². The number of amides is 2. The van der Waals surface area contributed by atoms with Crippen molar-refractivity contribution in [2.75, 3.05) is 0 Å². The first-order valence-corrected chi connectivity index (χ1v) is 7.38. The molecule has 11 nitrogen and oxygen atoms in total. The first-order chi connectivity index (χ1) is 12.0. The molecule has 0 saturated heterocycles. The van der Waals surface area contributed by atoms with Crippen LogP contribution in [0.1, 0.15) is 33.6 Å². The fraction of sp³-hybridized carbons (Fsp3) is 0.400. The van der Waals surface area contributed by atoms with Gasteiger partial charge in [-0.05, 0) is 12.1 Å². The SMILES string of the molecule is O=C(O)c1cc(O)cc(C(=O)NC(=O)C2(O)CC(O)C(O)C(O)C2)c1O. The van der Waals surface area contributed by atoms with Gasteiger partial charge in [0, 0.05) is 12.8 Å². The molecule has 1 aromatic carbocycles. The van der Waals surface area contributed by atoms with Gasteiger partial charge in [-0.15, -0.1) is 0 Å². The zero-order chi connectivity index (χ0) is 19.8. The number of nitrogens with one attached hydrogen (secondary N) is 1. The van der Waals surface area contributed by atoms with Crippen LogP contribution in [-0.2, 0) is 4.79 Å². The highest BCUT2D eigenvalue weighted by Gasteiger charge is 2.48. The van der Waals surface area contributed by atoms with Crippen molar-refractivity contribution >= 4 is 17.8 Å². The van der Waals surface area contributed by atoms with Crippen molar-refractivity contribution < 1.29 is 50.1 Å². The summed E-state index contributed by atoms with van der Waals surface area (Å²) in [5, 5.41) is 68.8. The van der Waals surface area contributed by atoms with Gasteiger partial charge < -0.3 is 35.7 Å². The molecule has 0 aromatic heterocycles. The van der Waals surface area contributed by atoms with Gasteiger partial charge >= 0.3 is 5.97 Å². The maximum Gasteiger partial charge on any atom is 0.339 e. The van der Waals surface area contributed by atoms with Crippen molar-refractivity contribution in [3.05, 3.63) is 23.3 Å². The summed E-state index contributed by atoms with van der Waals surface area (Å²) in [6, 6.07) is 1.40. The molecule has 1 aromatic rings. The van der Waals surface area contributed by atoms with E-state index in [1.807, 2.05) is 0 Å². The Hall–Kier alpha value is -2.73. The lowest BCUT2D eigenvalue weighted by atomic mass is 9.79. The number of carboxylic acids is 1. The Labute approximate surface area is 145 Å². The fourth-order valence-electron chi connectivity index (χ4n) is 2.70. The lowest BCUT2D eigenvalue weighted by Crippen LogP contribution is -2.59. The molecule has 0 spiro atoms. The molecule has 2 rings (SSSR count). The molecule has 142 valence electrons. The van der Waals surface area contributed by atoms with E-state index in [1.54, 1.807) is 5.32 Å². The topological polar surface area (TPSA) is 205 Å². The molecule has 1 fully saturated rings. The van der Waals surface area contributed by atoms with E-state index >= 15 is 0 Å². The number of phenolic OH excluding ortho intramolecular Hbond substituents is 1. The summed E-state index contributed by atoms with van der Waals surface area (Å²) in [5.74, 6) is -5.97. The average Bonchev–Trinajstić information content (AvgIpc) is 2.53. The highest BCUT2D eigenvalue weighted by Crippen LogP contribution is 2.31. The number of hydrogen-bond donors (Lipinski definition) is 8. The number of phenols is 2. The second-order valence-corrected chi connectivity index (χ2v) is 6.04. The third-order valence-corrected chi connectivity index (χ3v) is 4.10. The Kier molecular flexibility index (Phi) is 5.18. The third kappa shape index (κ3) is 3.60. The van der Waals surface area contributed by atoms with Crippen LogP contribution in [0.25, 0.3) is 0 Å². The number of carbonyl (C=O) groups is 3. The molecule has 2 amide bonds. The van der Waals surface area contributed by atoms with Gasteiger partial charge in [-0.3, -0.25) is 14.9 Å². The standard InChI is InChI=1S/C15H17NO10/c17-5-1-6(10(20)7(2-5)13(23)24)12(22)16-14(25)15(26)3-8(18)11(21)9(19)4-15/h1-2,8-9,11,17-21,26H,3-4H2,(H,23,24)(H,16,22,25). The molecule has 0 heterocycles. The Balaban J connectivity index is 2.25. The first-order valence-electron chi connectivity index (χ1n) is 7.38. The molecule has 2 unspecified atom stereocenters. The maximum atomic E-state index is 12.2. The lowest BCUT2D eigenvalue weighted by Gasteiger charge is -2.38. The van der Waals surface area contributed by atoms with E-state index < -0.39 is 77.2 Å². The van der Waals surface area contributed by atoms with Crippen molar-refractivity contribution in [3.63, 3.8) is 0 Å². The number of aromatic carboxylic acids is 1. The van der Waals surface area contributed by atoms with Crippen LogP contribution in [-0.4, -0.2) is 77.4 Å². The van der Waals surface area contributed by atoms with Crippen molar-refractivity contribution in [2.24, 2.45) is 0 Å². The Morgan fingerprint density at radius 2 is 1.50 bits per heavy atom. The summed E-state index contributed by atoms with van der Waals surface area (Å²) in [5.41, 5.74) is -3.92. The highest BCUT2D eigenvalue weighted by molar-refractivity contribution is 6.10. The molecule has 1 aliphatic rings. The summed E-state index contributed by atoms with van der Waals surface area (Å²) in [6.45, 7) is 0. The molecule has 1 aliphatic carbocycles. The van der Waals surface area contributed by atoms with Crippen molar-refractivity contribution in [1.29, 1.82) is 0 Å². The van der Waals surface area contributed by atoms with E-state index in [1.165, 1.54) is 0 Å². The Morgan fingerprint density at radius 3 is 2.00 bits per heavy atom. The molecule has 1 saturated carbocycles. The minimum atomic E-state index is -2.39. The Bertz CT molecular complexity index is 749. The molecule has 0 bridgehead atoms. The minimum absolute atomic E-state index is 0.664. The van der Waals surface area contributed by atoms with Crippen LogP contribution in [0.15, 0.2) is 12.1 Å². The number of aliphatic hydroxyl groups is 4. The largest absolute Gasteiger partial charge is 0.508 e. The zero-order valence-electron chi connectivity index (χ0n) is 13.2. The number of hydrogen-bond acceptors (Lipinski definition) is 9. The van der Waals surface area contributed by atoms with Crippen LogP contribution in [0.2, 0.25) is 0 Å². The number of imide groups is 1. The van der Waals surface area contributed by atoms with Gasteiger partial charge in [-0.2, -0.15) is 0 Å². The van der Waals surface area contributed by atoms with Gasteiger partial charge in [-0.1, -0.05) is 0 Å². The van der Waals surface area contributed by atoms with E-state index in [-0.39, 0.29) is 0 Å². The number of carboxylic acid groups (broad SMARTS) is 1. The second kappa shape index (κ2) is 6.88. The summed E-state index contributed by atoms with van der Waals surface area (Å²) in [7, 11) is 0. The van der Waals surface area contributed by atoms with Crippen molar-refractivity contribution in [1.82, 2.24) is 5.32 Å². The van der Waals surface area contributed by atoms with E-state index in [4.69, 9.17) is 5.11 Å². The van der Waals surface area contributed by atoms with E-state index in [0.717, 1.165) is 0 Å². The van der Waals surface area contributed by atoms with E-state index in [2.05, 4.69) is 0 Å². The number of carbonyl (C=O) groups excluding carboxylic acids is 2. The molecule has 11 heteroatoms. The molecular weight excluding hydrogens is 354 g/mol. The minimum Gasteiger partial charge on any atom is -0.508 e. The average molecular weight is 371 g/mol. The number of rotatable bonds is 3. The quantitative estimate of drug-likeness (QED) is 0.210. The van der Waals surface area contributed by atoms with Gasteiger partial charge in [0.05, 0.1) is 17.8 Å². The van der Waals surface area contributed by atoms with Gasteiger partial charge in [0.15, 0.2) is 0 Å². The molecular formula is C15H17NO10.